The molecule has 5 rings (SSSR count). The molecule has 0 radical (unpaired) electrons. The van der Waals surface area contributed by atoms with Crippen LogP contribution in [0.2, 0.25) is 0 Å². The Kier molecular flexibility index (Phi) is 3.62. The van der Waals surface area contributed by atoms with Gasteiger partial charge in [-0.3, -0.25) is 0 Å². The minimum atomic E-state index is 0.230. The number of rotatable bonds is 2. The van der Waals surface area contributed by atoms with Crippen molar-refractivity contribution in [1.82, 2.24) is 19.9 Å². The molecule has 0 amide bonds. The van der Waals surface area contributed by atoms with Crippen LogP contribution in [0.3, 0.4) is 0 Å². The maximum Gasteiger partial charge on any atom is 0.219 e. The maximum atomic E-state index is 5.71. The Balaban J connectivity index is 1.90. The van der Waals surface area contributed by atoms with Crippen molar-refractivity contribution >= 4 is 23.0 Å². The van der Waals surface area contributed by atoms with Crippen molar-refractivity contribution in [3.63, 3.8) is 0 Å². The number of benzene rings is 2. The molecule has 134 valence electrons. The third-order valence-corrected chi connectivity index (χ3v) is 4.85. The van der Waals surface area contributed by atoms with Crippen LogP contribution in [-0.2, 0) is 0 Å². The van der Waals surface area contributed by atoms with Gasteiger partial charge in [0, 0.05) is 41.5 Å². The fourth-order valence-electron chi connectivity index (χ4n) is 3.68. The van der Waals surface area contributed by atoms with Crippen LogP contribution < -0.4 is 11.5 Å². The van der Waals surface area contributed by atoms with Gasteiger partial charge in [0.25, 0.3) is 0 Å². The third kappa shape index (κ3) is 2.51. The van der Waals surface area contributed by atoms with Crippen molar-refractivity contribution in [2.45, 2.75) is 0 Å². The van der Waals surface area contributed by atoms with Gasteiger partial charge in [-0.05, 0) is 27.8 Å². The van der Waals surface area contributed by atoms with Gasteiger partial charge in [-0.15, -0.1) is 0 Å². The van der Waals surface area contributed by atoms with Gasteiger partial charge >= 0.3 is 0 Å². The number of nitrogens with two attached hydrogens (primary N) is 2. The summed E-state index contributed by atoms with van der Waals surface area (Å²) in [4.78, 5) is 16.8. The number of aromatic nitrogens is 4. The molecular weight excluding hydrogens is 348 g/mol. The summed E-state index contributed by atoms with van der Waals surface area (Å²) in [6.45, 7) is 0. The lowest BCUT2D eigenvalue weighted by Gasteiger charge is -2.14. The largest absolute Gasteiger partial charge is 0.368 e. The SMILES string of the molecule is Nc1ncc(C(=C2c3ccccc3-c3ccccc32)c2cnc(N)nc2)cn1. The molecule has 0 fully saturated rings. The predicted molar refractivity (Wildman–Crippen MR) is 110 cm³/mol. The van der Waals surface area contributed by atoms with Gasteiger partial charge in [0.05, 0.1) is 0 Å². The molecule has 2 aromatic heterocycles. The Bertz CT molecular complexity index is 1120. The van der Waals surface area contributed by atoms with E-state index >= 15 is 0 Å². The van der Waals surface area contributed by atoms with Crippen molar-refractivity contribution in [2.75, 3.05) is 11.5 Å². The summed E-state index contributed by atoms with van der Waals surface area (Å²) in [5.41, 5.74) is 19.8. The second kappa shape index (κ2) is 6.28. The van der Waals surface area contributed by atoms with E-state index in [0.717, 1.165) is 33.4 Å². The molecule has 2 heterocycles. The Morgan fingerprint density at radius 2 is 0.893 bits per heavy atom. The molecular formula is C22H16N6. The monoisotopic (exact) mass is 364 g/mol. The quantitative estimate of drug-likeness (QED) is 0.497. The van der Waals surface area contributed by atoms with Crippen LogP contribution in [0.1, 0.15) is 22.3 Å². The number of hydrogen-bond donors (Lipinski definition) is 2. The molecule has 0 saturated carbocycles. The molecule has 4 N–H and O–H groups in total. The zero-order valence-electron chi connectivity index (χ0n) is 14.9. The fraction of sp³-hybridized carbons (Fsp3) is 0. The summed E-state index contributed by atoms with van der Waals surface area (Å²) in [5.74, 6) is 0.461. The molecule has 0 aliphatic heterocycles. The topological polar surface area (TPSA) is 104 Å². The van der Waals surface area contributed by atoms with E-state index in [4.69, 9.17) is 11.5 Å². The second-order valence-corrected chi connectivity index (χ2v) is 6.50. The van der Waals surface area contributed by atoms with Gasteiger partial charge in [0.2, 0.25) is 11.9 Å². The standard InChI is InChI=1S/C22H16N6/c23-21-25-9-13(10-26-21)19(14-11-27-22(24)28-12-14)20-17-7-3-1-5-15(17)16-6-2-4-8-18(16)20/h1-12H,(H2,23,25,26)(H2,24,27,28). The van der Waals surface area contributed by atoms with Crippen molar-refractivity contribution in [3.8, 4) is 11.1 Å². The molecule has 1 aliphatic carbocycles. The van der Waals surface area contributed by atoms with Crippen molar-refractivity contribution in [1.29, 1.82) is 0 Å². The van der Waals surface area contributed by atoms with E-state index in [2.05, 4.69) is 56.3 Å². The average molecular weight is 364 g/mol. The van der Waals surface area contributed by atoms with Crippen molar-refractivity contribution < 1.29 is 0 Å². The van der Waals surface area contributed by atoms with Gasteiger partial charge in [-0.2, -0.15) is 0 Å². The van der Waals surface area contributed by atoms with E-state index in [1.165, 1.54) is 11.1 Å². The summed E-state index contributed by atoms with van der Waals surface area (Å²) >= 11 is 0. The molecule has 28 heavy (non-hydrogen) atoms. The van der Waals surface area contributed by atoms with E-state index in [9.17, 15) is 0 Å². The Morgan fingerprint density at radius 3 is 1.29 bits per heavy atom. The zero-order chi connectivity index (χ0) is 19.1. The minimum absolute atomic E-state index is 0.230. The first-order valence-corrected chi connectivity index (χ1v) is 8.81. The molecule has 0 atom stereocenters. The number of nitrogen functional groups attached to an aromatic ring is 2. The summed E-state index contributed by atoms with van der Waals surface area (Å²) in [6, 6.07) is 16.7. The summed E-state index contributed by atoms with van der Waals surface area (Å²) in [7, 11) is 0. The lowest BCUT2D eigenvalue weighted by atomic mass is 9.91. The van der Waals surface area contributed by atoms with Crippen molar-refractivity contribution in [2.24, 2.45) is 0 Å². The van der Waals surface area contributed by atoms with E-state index in [1.807, 2.05) is 12.1 Å². The van der Waals surface area contributed by atoms with Crippen LogP contribution in [0.15, 0.2) is 73.3 Å². The molecule has 6 nitrogen and oxygen atoms in total. The highest BCUT2D eigenvalue weighted by Crippen LogP contribution is 2.48. The molecule has 6 heteroatoms. The Hall–Kier alpha value is -4.06. The first-order valence-electron chi connectivity index (χ1n) is 8.81. The molecule has 2 aromatic carbocycles. The normalized spacial score (nSPS) is 11.8. The molecule has 1 aliphatic rings. The van der Waals surface area contributed by atoms with Crippen LogP contribution in [0.5, 0.6) is 0 Å². The van der Waals surface area contributed by atoms with E-state index in [-0.39, 0.29) is 11.9 Å². The number of hydrogen-bond acceptors (Lipinski definition) is 6. The van der Waals surface area contributed by atoms with E-state index < -0.39 is 0 Å². The fourth-order valence-corrected chi connectivity index (χ4v) is 3.68. The Labute approximate surface area is 161 Å². The predicted octanol–water partition coefficient (Wildman–Crippen LogP) is 3.42. The highest BCUT2D eigenvalue weighted by Gasteiger charge is 2.27. The molecule has 4 aromatic rings. The van der Waals surface area contributed by atoms with Gasteiger partial charge < -0.3 is 11.5 Å². The lowest BCUT2D eigenvalue weighted by Crippen LogP contribution is -2.01. The number of fused-ring (bicyclic) bond motifs is 3. The van der Waals surface area contributed by atoms with Gasteiger partial charge in [-0.25, -0.2) is 19.9 Å². The first-order chi connectivity index (χ1) is 13.7. The molecule has 0 spiro atoms. The van der Waals surface area contributed by atoms with E-state index in [1.54, 1.807) is 24.8 Å². The van der Waals surface area contributed by atoms with Crippen LogP contribution in [-0.4, -0.2) is 19.9 Å². The zero-order valence-corrected chi connectivity index (χ0v) is 14.9. The lowest BCUT2D eigenvalue weighted by molar-refractivity contribution is 1.15. The molecule has 0 bridgehead atoms. The molecule has 0 saturated heterocycles. The van der Waals surface area contributed by atoms with Crippen LogP contribution in [0, 0.1) is 0 Å². The average Bonchev–Trinajstić information content (AvgIpc) is 3.06. The number of nitrogens with zero attached hydrogens (tertiary/aromatic N) is 4. The molecule has 0 unspecified atom stereocenters. The summed E-state index contributed by atoms with van der Waals surface area (Å²) < 4.78 is 0. The highest BCUT2D eigenvalue weighted by molar-refractivity contribution is 6.13. The summed E-state index contributed by atoms with van der Waals surface area (Å²) in [6.07, 6.45) is 6.91. The smallest absolute Gasteiger partial charge is 0.219 e. The highest BCUT2D eigenvalue weighted by atomic mass is 15.0. The first kappa shape index (κ1) is 16.1. The van der Waals surface area contributed by atoms with Crippen LogP contribution in [0.4, 0.5) is 11.9 Å². The van der Waals surface area contributed by atoms with Gasteiger partial charge in [0.15, 0.2) is 0 Å². The second-order valence-electron chi connectivity index (χ2n) is 6.50. The van der Waals surface area contributed by atoms with Crippen LogP contribution in [0.25, 0.3) is 22.3 Å². The van der Waals surface area contributed by atoms with Gasteiger partial charge in [0.1, 0.15) is 0 Å². The maximum absolute atomic E-state index is 5.71. The third-order valence-electron chi connectivity index (χ3n) is 4.85. The Morgan fingerprint density at radius 1 is 0.536 bits per heavy atom. The van der Waals surface area contributed by atoms with Crippen LogP contribution >= 0.6 is 0 Å². The van der Waals surface area contributed by atoms with Crippen molar-refractivity contribution in [3.05, 3.63) is 95.6 Å². The summed E-state index contributed by atoms with van der Waals surface area (Å²) in [5, 5.41) is 0. The van der Waals surface area contributed by atoms with E-state index in [0.29, 0.717) is 0 Å². The number of anilines is 2. The van der Waals surface area contributed by atoms with Gasteiger partial charge in [-0.1, -0.05) is 48.5 Å². The minimum Gasteiger partial charge on any atom is -0.368 e.